The predicted octanol–water partition coefficient (Wildman–Crippen LogP) is 2.74. The lowest BCUT2D eigenvalue weighted by atomic mass is 9.93. The maximum Gasteiger partial charge on any atom is 0.168 e. The van der Waals surface area contributed by atoms with Gasteiger partial charge >= 0.3 is 0 Å². The summed E-state index contributed by atoms with van der Waals surface area (Å²) in [5.74, 6) is 0.967. The summed E-state index contributed by atoms with van der Waals surface area (Å²) < 4.78 is 0. The summed E-state index contributed by atoms with van der Waals surface area (Å²) in [6.07, 6.45) is 0. The molecule has 110 valence electrons. The first kappa shape index (κ1) is 14.3. The van der Waals surface area contributed by atoms with Gasteiger partial charge < -0.3 is 10.2 Å². The van der Waals surface area contributed by atoms with Gasteiger partial charge in [-0.2, -0.15) is 0 Å². The lowest BCUT2D eigenvalue weighted by molar-refractivity contribution is 0.364. The van der Waals surface area contributed by atoms with Crippen LogP contribution >= 0.6 is 23.5 Å². The molecule has 4 nitrogen and oxygen atoms in total. The summed E-state index contributed by atoms with van der Waals surface area (Å²) in [7, 11) is 0. The number of amidine groups is 2. The molecule has 0 amide bonds. The van der Waals surface area contributed by atoms with Crippen LogP contribution in [0.5, 0.6) is 0 Å². The van der Waals surface area contributed by atoms with Gasteiger partial charge in [0.05, 0.1) is 5.54 Å². The van der Waals surface area contributed by atoms with Crippen molar-refractivity contribution in [2.24, 2.45) is 15.4 Å². The molecule has 3 rings (SSSR count). The molecule has 0 unspecified atom stereocenters. The number of nitrogens with zero attached hydrogens (tertiary/aromatic N) is 3. The maximum atomic E-state index is 4.74. The zero-order valence-corrected chi connectivity index (χ0v) is 14.2. The van der Waals surface area contributed by atoms with Crippen LogP contribution in [0.4, 0.5) is 0 Å². The van der Waals surface area contributed by atoms with Gasteiger partial charge in [0.2, 0.25) is 0 Å². The Morgan fingerprint density at radius 3 is 2.90 bits per heavy atom. The molecule has 6 heteroatoms. The van der Waals surface area contributed by atoms with Crippen molar-refractivity contribution in [1.82, 2.24) is 10.2 Å². The molecule has 0 bridgehead atoms. The van der Waals surface area contributed by atoms with Gasteiger partial charge in [0.15, 0.2) is 10.3 Å². The van der Waals surface area contributed by atoms with Gasteiger partial charge in [-0.1, -0.05) is 37.4 Å². The molecule has 1 N–H and O–H groups in total. The van der Waals surface area contributed by atoms with Gasteiger partial charge in [0.1, 0.15) is 0 Å². The average molecular weight is 310 g/mol. The van der Waals surface area contributed by atoms with Crippen LogP contribution in [0.15, 0.2) is 21.1 Å². The molecule has 3 heterocycles. The number of aliphatic imine (C=N–C) groups is 2. The van der Waals surface area contributed by atoms with Crippen molar-refractivity contribution < 1.29 is 0 Å². The monoisotopic (exact) mass is 310 g/mol. The van der Waals surface area contributed by atoms with E-state index >= 15 is 0 Å². The van der Waals surface area contributed by atoms with Crippen LogP contribution in [-0.2, 0) is 0 Å². The third-order valence-corrected chi connectivity index (χ3v) is 5.45. The highest BCUT2D eigenvalue weighted by molar-refractivity contribution is 8.17. The number of hydrogen-bond donors (Lipinski definition) is 1. The van der Waals surface area contributed by atoms with Crippen LogP contribution in [0.1, 0.15) is 27.7 Å². The Hall–Kier alpha value is -0.620. The largest absolute Gasteiger partial charge is 0.364 e. The highest BCUT2D eigenvalue weighted by Crippen LogP contribution is 2.36. The van der Waals surface area contributed by atoms with E-state index in [-0.39, 0.29) is 11.0 Å². The molecule has 0 spiro atoms. The zero-order chi connectivity index (χ0) is 14.4. The van der Waals surface area contributed by atoms with Crippen molar-refractivity contribution >= 4 is 33.9 Å². The summed E-state index contributed by atoms with van der Waals surface area (Å²) in [4.78, 5) is 11.7. The molecule has 0 radical (unpaired) electrons. The van der Waals surface area contributed by atoms with Gasteiger partial charge in [0, 0.05) is 36.5 Å². The summed E-state index contributed by atoms with van der Waals surface area (Å²) in [5.41, 5.74) is 1.70. The van der Waals surface area contributed by atoms with Crippen molar-refractivity contribution in [1.29, 1.82) is 0 Å². The third-order valence-electron chi connectivity index (χ3n) is 3.55. The van der Waals surface area contributed by atoms with Crippen LogP contribution < -0.4 is 5.32 Å². The normalized spacial score (nSPS) is 26.6. The van der Waals surface area contributed by atoms with Crippen LogP contribution in [0, 0.1) is 5.41 Å². The molecule has 0 aliphatic carbocycles. The molecule has 0 aromatic heterocycles. The minimum absolute atomic E-state index is 0.0527. The van der Waals surface area contributed by atoms with E-state index in [1.54, 1.807) is 23.5 Å². The SMILES string of the molecule is CC1(C)CN=C(SCC2=CSC3=NC(C)(C)CN23)NC1. The first-order valence-electron chi connectivity index (χ1n) is 6.99. The number of nitrogens with one attached hydrogen (secondary N) is 1. The first-order valence-corrected chi connectivity index (χ1v) is 8.85. The summed E-state index contributed by atoms with van der Waals surface area (Å²) in [5, 5.41) is 7.91. The van der Waals surface area contributed by atoms with E-state index in [0.717, 1.165) is 35.7 Å². The Labute approximate surface area is 129 Å². The van der Waals surface area contributed by atoms with Crippen molar-refractivity contribution in [3.8, 4) is 0 Å². The highest BCUT2D eigenvalue weighted by Gasteiger charge is 2.36. The number of hydrogen-bond acceptors (Lipinski definition) is 6. The van der Waals surface area contributed by atoms with Crippen molar-refractivity contribution in [2.75, 3.05) is 25.4 Å². The fraction of sp³-hybridized carbons (Fsp3) is 0.714. The molecule has 0 saturated heterocycles. The topological polar surface area (TPSA) is 40.0 Å². The van der Waals surface area contributed by atoms with Crippen LogP contribution in [0.3, 0.4) is 0 Å². The van der Waals surface area contributed by atoms with E-state index < -0.39 is 0 Å². The number of fused-ring (bicyclic) bond motifs is 1. The van der Waals surface area contributed by atoms with Crippen molar-refractivity contribution in [3.63, 3.8) is 0 Å². The lowest BCUT2D eigenvalue weighted by Crippen LogP contribution is -2.39. The Morgan fingerprint density at radius 2 is 2.20 bits per heavy atom. The van der Waals surface area contributed by atoms with Gasteiger partial charge in [-0.25, -0.2) is 0 Å². The lowest BCUT2D eigenvalue weighted by Gasteiger charge is -2.29. The standard InChI is InChI=1S/C14H22N4S2/c1-13(2)7-15-11(16-8-13)19-5-10-6-20-12-17-14(3,4)9-18(10)12/h6H,5,7-9H2,1-4H3,(H,15,16). The molecular formula is C14H22N4S2. The van der Waals surface area contributed by atoms with E-state index in [0.29, 0.717) is 0 Å². The number of thioether (sulfide) groups is 2. The van der Waals surface area contributed by atoms with Gasteiger partial charge in [0.25, 0.3) is 0 Å². The first-order chi connectivity index (χ1) is 9.35. The van der Waals surface area contributed by atoms with E-state index in [2.05, 4.69) is 48.3 Å². The quantitative estimate of drug-likeness (QED) is 0.851. The molecule has 20 heavy (non-hydrogen) atoms. The summed E-state index contributed by atoms with van der Waals surface area (Å²) >= 11 is 3.56. The summed E-state index contributed by atoms with van der Waals surface area (Å²) in [6, 6.07) is 0. The van der Waals surface area contributed by atoms with Crippen LogP contribution in [0.25, 0.3) is 0 Å². The Bertz CT molecular complexity index is 505. The van der Waals surface area contributed by atoms with Gasteiger partial charge in [-0.3, -0.25) is 9.98 Å². The predicted molar refractivity (Wildman–Crippen MR) is 90.4 cm³/mol. The fourth-order valence-corrected chi connectivity index (χ4v) is 4.39. The Morgan fingerprint density at radius 1 is 1.40 bits per heavy atom. The minimum Gasteiger partial charge on any atom is -0.364 e. The Balaban J connectivity index is 1.56. The van der Waals surface area contributed by atoms with Crippen molar-refractivity contribution in [3.05, 3.63) is 11.1 Å². The van der Waals surface area contributed by atoms with E-state index in [1.165, 1.54) is 5.70 Å². The molecule has 0 fully saturated rings. The second-order valence-corrected chi connectivity index (χ2v) is 8.75. The van der Waals surface area contributed by atoms with Gasteiger partial charge in [-0.05, 0) is 19.3 Å². The second kappa shape index (κ2) is 4.98. The molecule has 0 saturated carbocycles. The molecule has 0 aromatic rings. The van der Waals surface area contributed by atoms with Crippen LogP contribution in [0.2, 0.25) is 0 Å². The van der Waals surface area contributed by atoms with E-state index in [4.69, 9.17) is 4.99 Å². The Kier molecular flexibility index (Phi) is 3.57. The third kappa shape index (κ3) is 3.01. The highest BCUT2D eigenvalue weighted by atomic mass is 32.2. The zero-order valence-electron chi connectivity index (χ0n) is 12.6. The fourth-order valence-electron chi connectivity index (χ4n) is 2.37. The maximum absolute atomic E-state index is 4.74. The molecule has 3 aliphatic rings. The van der Waals surface area contributed by atoms with Gasteiger partial charge in [-0.15, -0.1) is 0 Å². The molecule has 0 aromatic carbocycles. The van der Waals surface area contributed by atoms with Crippen LogP contribution in [-0.4, -0.2) is 46.2 Å². The van der Waals surface area contributed by atoms with Crippen molar-refractivity contribution in [2.45, 2.75) is 33.2 Å². The minimum atomic E-state index is 0.0527. The average Bonchev–Trinajstić information content (AvgIpc) is 2.83. The molecular weight excluding hydrogens is 288 g/mol. The second-order valence-electron chi connectivity index (χ2n) is 6.95. The molecule has 3 aliphatic heterocycles. The molecule has 0 atom stereocenters. The smallest absolute Gasteiger partial charge is 0.168 e. The number of rotatable bonds is 2. The van der Waals surface area contributed by atoms with E-state index in [1.807, 2.05) is 0 Å². The van der Waals surface area contributed by atoms with E-state index in [9.17, 15) is 0 Å². The summed E-state index contributed by atoms with van der Waals surface area (Å²) in [6.45, 7) is 11.8.